The SMILES string of the molecule is C1=CCNC(n2c3c4ccccc4ccc3c3[nH]c4ccc(-c5ccccc5)cc4c32)=C1. The standard InChI is InChI=1S/C29H21N3/c1-2-8-19(9-3-1)21-14-16-25-24(18-21)29-27(31-25)23-15-13-20-10-4-5-11-22(20)28(23)32(29)26-12-6-7-17-30-26/h1-16,18,30-31H,17H2. The van der Waals surface area contributed by atoms with E-state index in [9.17, 15) is 0 Å². The van der Waals surface area contributed by atoms with Gasteiger partial charge >= 0.3 is 0 Å². The number of H-pyrrole nitrogens is 1. The topological polar surface area (TPSA) is 32.8 Å². The van der Waals surface area contributed by atoms with Crippen LogP contribution in [0.4, 0.5) is 0 Å². The molecule has 0 fully saturated rings. The molecule has 7 rings (SSSR count). The lowest BCUT2D eigenvalue weighted by molar-refractivity contribution is 0.924. The summed E-state index contributed by atoms with van der Waals surface area (Å²) in [5, 5.41) is 8.59. The molecule has 1 aliphatic rings. The third-order valence-corrected chi connectivity index (χ3v) is 6.53. The van der Waals surface area contributed by atoms with E-state index in [1.54, 1.807) is 0 Å². The van der Waals surface area contributed by atoms with E-state index in [2.05, 4.69) is 118 Å². The van der Waals surface area contributed by atoms with Crippen molar-refractivity contribution >= 4 is 49.4 Å². The van der Waals surface area contributed by atoms with Gasteiger partial charge in [0, 0.05) is 28.2 Å². The fraction of sp³-hybridized carbons (Fsp3) is 0.0345. The molecule has 2 aromatic heterocycles. The Kier molecular flexibility index (Phi) is 3.61. The zero-order chi connectivity index (χ0) is 21.1. The van der Waals surface area contributed by atoms with E-state index in [4.69, 9.17) is 0 Å². The van der Waals surface area contributed by atoms with Crippen LogP contribution < -0.4 is 5.32 Å². The minimum absolute atomic E-state index is 0.829. The Hall–Kier alpha value is -4.24. The molecule has 3 heterocycles. The average Bonchev–Trinajstić information content (AvgIpc) is 3.39. The summed E-state index contributed by atoms with van der Waals surface area (Å²) < 4.78 is 2.41. The monoisotopic (exact) mass is 411 g/mol. The highest BCUT2D eigenvalue weighted by Crippen LogP contribution is 2.40. The van der Waals surface area contributed by atoms with Crippen molar-refractivity contribution in [2.75, 3.05) is 6.54 Å². The van der Waals surface area contributed by atoms with Gasteiger partial charge in [-0.1, -0.05) is 84.9 Å². The van der Waals surface area contributed by atoms with Crippen LogP contribution in [0.5, 0.6) is 0 Å². The molecule has 3 heteroatoms. The Balaban J connectivity index is 1.66. The number of dihydropyridines is 1. The van der Waals surface area contributed by atoms with Gasteiger partial charge in [0.05, 0.1) is 16.6 Å². The molecule has 1 aliphatic heterocycles. The van der Waals surface area contributed by atoms with Crippen LogP contribution in [-0.2, 0) is 0 Å². The smallest absolute Gasteiger partial charge is 0.111 e. The van der Waals surface area contributed by atoms with Crippen molar-refractivity contribution in [3.63, 3.8) is 0 Å². The molecule has 32 heavy (non-hydrogen) atoms. The largest absolute Gasteiger partial charge is 0.368 e. The van der Waals surface area contributed by atoms with E-state index in [1.165, 1.54) is 49.2 Å². The van der Waals surface area contributed by atoms with Crippen LogP contribution in [0.2, 0.25) is 0 Å². The third kappa shape index (κ3) is 2.42. The first kappa shape index (κ1) is 17.4. The van der Waals surface area contributed by atoms with Crippen LogP contribution in [0.1, 0.15) is 0 Å². The Morgan fingerprint density at radius 1 is 0.688 bits per heavy atom. The number of rotatable bonds is 2. The first-order valence-corrected chi connectivity index (χ1v) is 11.0. The van der Waals surface area contributed by atoms with Gasteiger partial charge in [-0.25, -0.2) is 0 Å². The Morgan fingerprint density at radius 2 is 1.56 bits per heavy atom. The Bertz CT molecular complexity index is 1710. The summed E-state index contributed by atoms with van der Waals surface area (Å²) in [5.41, 5.74) is 7.26. The predicted octanol–water partition coefficient (Wildman–Crippen LogP) is 7.05. The van der Waals surface area contributed by atoms with Crippen molar-refractivity contribution in [2.45, 2.75) is 0 Å². The van der Waals surface area contributed by atoms with E-state index in [-0.39, 0.29) is 0 Å². The quantitative estimate of drug-likeness (QED) is 0.314. The highest BCUT2D eigenvalue weighted by Gasteiger charge is 2.20. The molecule has 0 atom stereocenters. The van der Waals surface area contributed by atoms with Crippen LogP contribution >= 0.6 is 0 Å². The van der Waals surface area contributed by atoms with Crippen LogP contribution in [-0.4, -0.2) is 16.1 Å². The number of benzene rings is 4. The molecular weight excluding hydrogens is 390 g/mol. The van der Waals surface area contributed by atoms with Gasteiger partial charge in [0.25, 0.3) is 0 Å². The summed E-state index contributed by atoms with van der Waals surface area (Å²) in [7, 11) is 0. The molecule has 0 saturated carbocycles. The molecule has 0 radical (unpaired) electrons. The summed E-state index contributed by atoms with van der Waals surface area (Å²) in [6, 6.07) is 30.5. The lowest BCUT2D eigenvalue weighted by Crippen LogP contribution is -2.19. The van der Waals surface area contributed by atoms with E-state index in [1.807, 2.05) is 0 Å². The van der Waals surface area contributed by atoms with Gasteiger partial charge in [-0.2, -0.15) is 0 Å². The summed E-state index contributed by atoms with van der Waals surface area (Å²) in [4.78, 5) is 3.73. The van der Waals surface area contributed by atoms with Gasteiger partial charge in [0.1, 0.15) is 5.82 Å². The molecular formula is C29H21N3. The first-order valence-electron chi connectivity index (χ1n) is 11.0. The summed E-state index contributed by atoms with van der Waals surface area (Å²) in [6.45, 7) is 0.829. The highest BCUT2D eigenvalue weighted by molar-refractivity contribution is 6.24. The van der Waals surface area contributed by atoms with Crippen LogP contribution in [0, 0.1) is 0 Å². The number of nitrogens with one attached hydrogen (secondary N) is 2. The summed E-state index contributed by atoms with van der Waals surface area (Å²) in [5.74, 6) is 1.11. The zero-order valence-corrected chi connectivity index (χ0v) is 17.5. The predicted molar refractivity (Wildman–Crippen MR) is 136 cm³/mol. The molecule has 0 aliphatic carbocycles. The van der Waals surface area contributed by atoms with Gasteiger partial charge in [0.15, 0.2) is 0 Å². The number of nitrogens with zero attached hydrogens (tertiary/aromatic N) is 1. The van der Waals surface area contributed by atoms with Crippen LogP contribution in [0.25, 0.3) is 60.6 Å². The summed E-state index contributed by atoms with van der Waals surface area (Å²) in [6.07, 6.45) is 6.45. The Morgan fingerprint density at radius 3 is 2.44 bits per heavy atom. The molecule has 0 saturated heterocycles. The highest BCUT2D eigenvalue weighted by atomic mass is 15.2. The number of fused-ring (bicyclic) bond motifs is 7. The van der Waals surface area contributed by atoms with Crippen LogP contribution in [0.3, 0.4) is 0 Å². The van der Waals surface area contributed by atoms with Gasteiger partial charge < -0.3 is 10.3 Å². The second kappa shape index (κ2) is 6.63. The molecule has 0 amide bonds. The van der Waals surface area contributed by atoms with Crippen LogP contribution in [0.15, 0.2) is 103 Å². The third-order valence-electron chi connectivity index (χ3n) is 6.53. The molecule has 0 spiro atoms. The molecule has 0 unspecified atom stereocenters. The molecule has 3 nitrogen and oxygen atoms in total. The van der Waals surface area contributed by atoms with Gasteiger partial charge in [-0.15, -0.1) is 0 Å². The maximum atomic E-state index is 3.73. The van der Waals surface area contributed by atoms with E-state index < -0.39 is 0 Å². The molecule has 0 bridgehead atoms. The van der Waals surface area contributed by atoms with Crippen molar-refractivity contribution in [3.8, 4) is 11.1 Å². The van der Waals surface area contributed by atoms with Crippen molar-refractivity contribution in [1.29, 1.82) is 0 Å². The Labute approximate surface area is 185 Å². The number of aromatic amines is 1. The number of allylic oxidation sites excluding steroid dienone is 2. The molecule has 6 aromatic rings. The van der Waals surface area contributed by atoms with Crippen molar-refractivity contribution in [1.82, 2.24) is 14.9 Å². The number of hydrogen-bond acceptors (Lipinski definition) is 1. The fourth-order valence-corrected chi connectivity index (χ4v) is 5.07. The minimum atomic E-state index is 0.829. The minimum Gasteiger partial charge on any atom is -0.368 e. The second-order valence-electron chi connectivity index (χ2n) is 8.35. The fourth-order valence-electron chi connectivity index (χ4n) is 5.07. The van der Waals surface area contributed by atoms with E-state index >= 15 is 0 Å². The molecule has 4 aromatic carbocycles. The first-order chi connectivity index (χ1) is 15.9. The van der Waals surface area contributed by atoms with Gasteiger partial charge in [-0.05, 0) is 34.7 Å². The lowest BCUT2D eigenvalue weighted by Gasteiger charge is -2.17. The van der Waals surface area contributed by atoms with E-state index in [0.717, 1.165) is 17.9 Å². The van der Waals surface area contributed by atoms with Crippen molar-refractivity contribution in [3.05, 3.63) is 103 Å². The number of hydrogen-bond donors (Lipinski definition) is 2. The van der Waals surface area contributed by atoms with Crippen molar-refractivity contribution < 1.29 is 0 Å². The molecule has 2 N–H and O–H groups in total. The zero-order valence-electron chi connectivity index (χ0n) is 17.5. The summed E-state index contributed by atoms with van der Waals surface area (Å²) >= 11 is 0. The normalized spacial score (nSPS) is 13.8. The van der Waals surface area contributed by atoms with Gasteiger partial charge in [-0.3, -0.25) is 4.57 Å². The second-order valence-corrected chi connectivity index (χ2v) is 8.35. The van der Waals surface area contributed by atoms with Crippen molar-refractivity contribution in [2.24, 2.45) is 0 Å². The van der Waals surface area contributed by atoms with Gasteiger partial charge in [0.2, 0.25) is 0 Å². The lowest BCUT2D eigenvalue weighted by atomic mass is 10.0. The maximum Gasteiger partial charge on any atom is 0.111 e. The molecule has 152 valence electrons. The maximum absolute atomic E-state index is 3.73. The number of aromatic nitrogens is 2. The average molecular weight is 412 g/mol. The van der Waals surface area contributed by atoms with E-state index in [0.29, 0.717) is 0 Å².